The van der Waals surface area contributed by atoms with Crippen molar-refractivity contribution in [2.45, 2.75) is 56.9 Å². The van der Waals surface area contributed by atoms with Gasteiger partial charge in [-0.2, -0.15) is 0 Å². The van der Waals surface area contributed by atoms with Crippen molar-refractivity contribution in [3.05, 3.63) is 54.6 Å². The molecule has 0 aliphatic carbocycles. The molecule has 1 N–H and O–H groups in total. The normalized spacial score (nSPS) is 34.0. The molecule has 192 valence electrons. The molecule has 0 radical (unpaired) electrons. The van der Waals surface area contributed by atoms with E-state index in [1.54, 1.807) is 14.7 Å². The summed E-state index contributed by atoms with van der Waals surface area (Å²) in [5.74, 6) is -2.31. The van der Waals surface area contributed by atoms with Gasteiger partial charge in [-0.3, -0.25) is 14.4 Å². The number of nitrogens with zero attached hydrogens (tertiary/aromatic N) is 3. The number of ether oxygens (including phenoxy) is 1. The predicted octanol–water partition coefficient (Wildman–Crippen LogP) is 2.14. The lowest BCUT2D eigenvalue weighted by Gasteiger charge is -2.41. The number of rotatable bonds is 4. The zero-order valence-electron chi connectivity index (χ0n) is 21.4. The number of para-hydroxylation sites is 1. The smallest absolute Gasteiger partial charge is 0.249 e. The Morgan fingerprint density at radius 1 is 0.972 bits per heavy atom. The highest BCUT2D eigenvalue weighted by Gasteiger charge is 2.74. The van der Waals surface area contributed by atoms with Crippen LogP contribution in [-0.2, 0) is 19.1 Å². The van der Waals surface area contributed by atoms with Gasteiger partial charge in [-0.25, -0.2) is 0 Å². The molecule has 2 saturated heterocycles. The van der Waals surface area contributed by atoms with E-state index >= 15 is 0 Å². The van der Waals surface area contributed by atoms with Crippen molar-refractivity contribution in [2.24, 2.45) is 11.8 Å². The molecule has 0 aromatic heterocycles. The van der Waals surface area contributed by atoms with Crippen LogP contribution in [0.15, 0.2) is 54.6 Å². The number of fused-ring (bicyclic) bond motifs is 2. The van der Waals surface area contributed by atoms with Gasteiger partial charge in [0, 0.05) is 37.5 Å². The fraction of sp³-hybridized carbons (Fsp3) is 0.536. The summed E-state index contributed by atoms with van der Waals surface area (Å²) in [6.45, 7) is 8.62. The van der Waals surface area contributed by atoms with Gasteiger partial charge in [-0.15, -0.1) is 0 Å². The number of likely N-dealkylation sites (tertiary alicyclic amines) is 1. The minimum absolute atomic E-state index is 0.105. The molecule has 36 heavy (non-hydrogen) atoms. The van der Waals surface area contributed by atoms with Crippen LogP contribution in [0.3, 0.4) is 0 Å². The first-order valence-electron chi connectivity index (χ1n) is 12.7. The molecule has 1 aromatic rings. The molecule has 8 nitrogen and oxygen atoms in total. The predicted molar refractivity (Wildman–Crippen MR) is 135 cm³/mol. The van der Waals surface area contributed by atoms with Gasteiger partial charge >= 0.3 is 0 Å². The van der Waals surface area contributed by atoms with Crippen LogP contribution in [0.5, 0.6) is 0 Å². The Morgan fingerprint density at radius 3 is 2.33 bits per heavy atom. The summed E-state index contributed by atoms with van der Waals surface area (Å²) in [6.07, 6.45) is 7.89. The summed E-state index contributed by atoms with van der Waals surface area (Å²) in [4.78, 5) is 47.4. The van der Waals surface area contributed by atoms with Crippen LogP contribution in [0.2, 0.25) is 0 Å². The number of aliphatic hydroxyl groups excluding tert-OH is 1. The third kappa shape index (κ3) is 3.53. The van der Waals surface area contributed by atoms with E-state index in [1.807, 2.05) is 82.3 Å². The van der Waals surface area contributed by atoms with E-state index in [0.717, 1.165) is 5.69 Å². The van der Waals surface area contributed by atoms with Crippen LogP contribution >= 0.6 is 0 Å². The molecule has 4 aliphatic rings. The van der Waals surface area contributed by atoms with Crippen LogP contribution < -0.4 is 4.90 Å². The van der Waals surface area contributed by atoms with Gasteiger partial charge < -0.3 is 24.5 Å². The molecule has 0 saturated carbocycles. The van der Waals surface area contributed by atoms with Crippen molar-refractivity contribution < 1.29 is 24.2 Å². The maximum atomic E-state index is 14.2. The Bertz CT molecular complexity index is 1130. The fourth-order valence-electron chi connectivity index (χ4n) is 6.45. The van der Waals surface area contributed by atoms with Gasteiger partial charge in [0.25, 0.3) is 0 Å². The summed E-state index contributed by atoms with van der Waals surface area (Å²) >= 11 is 0. The first kappa shape index (κ1) is 24.7. The lowest BCUT2D eigenvalue weighted by Crippen LogP contribution is -2.59. The average molecular weight is 494 g/mol. The Morgan fingerprint density at radius 2 is 1.67 bits per heavy atom. The minimum atomic E-state index is -1.28. The fourth-order valence-corrected chi connectivity index (χ4v) is 6.45. The summed E-state index contributed by atoms with van der Waals surface area (Å²) in [5.41, 5.74) is -2.04. The van der Waals surface area contributed by atoms with Crippen LogP contribution in [0.1, 0.15) is 34.1 Å². The van der Waals surface area contributed by atoms with Gasteiger partial charge in [0.05, 0.1) is 17.4 Å². The van der Waals surface area contributed by atoms with Crippen molar-refractivity contribution in [3.63, 3.8) is 0 Å². The monoisotopic (exact) mass is 493 g/mol. The van der Waals surface area contributed by atoms with Crippen molar-refractivity contribution in [3.8, 4) is 0 Å². The number of hydrogen-bond donors (Lipinski definition) is 1. The summed E-state index contributed by atoms with van der Waals surface area (Å²) < 4.78 is 6.80. The quantitative estimate of drug-likeness (QED) is 0.649. The highest BCUT2D eigenvalue weighted by Crippen LogP contribution is 2.57. The number of amides is 3. The molecular formula is C28H35N3O5. The third-order valence-corrected chi connectivity index (χ3v) is 7.99. The lowest BCUT2D eigenvalue weighted by molar-refractivity contribution is -0.154. The zero-order valence-corrected chi connectivity index (χ0v) is 21.4. The van der Waals surface area contributed by atoms with Crippen LogP contribution in [-0.4, -0.2) is 81.7 Å². The molecule has 4 aliphatic heterocycles. The number of carbonyl (C=O) groups excluding carboxylic acids is 3. The Hall–Kier alpha value is -2.97. The van der Waals surface area contributed by atoms with E-state index in [4.69, 9.17) is 4.74 Å². The SMILES string of the molecule is CC(C)(C)N1CC=C[C@]23O[C@]4(C)C=CCN(c5ccccc5)C(=O)[C@@H]4[C@H]2C(=O)N(CCCO)C3C1=O. The summed E-state index contributed by atoms with van der Waals surface area (Å²) in [5, 5.41) is 9.53. The van der Waals surface area contributed by atoms with E-state index < -0.39 is 34.6 Å². The molecule has 1 unspecified atom stereocenters. The summed E-state index contributed by atoms with van der Waals surface area (Å²) in [7, 11) is 0. The number of hydrogen-bond acceptors (Lipinski definition) is 5. The van der Waals surface area contributed by atoms with E-state index in [9.17, 15) is 19.5 Å². The maximum absolute atomic E-state index is 14.2. The molecule has 5 atom stereocenters. The van der Waals surface area contributed by atoms with Crippen molar-refractivity contribution in [2.75, 3.05) is 31.1 Å². The summed E-state index contributed by atoms with van der Waals surface area (Å²) in [6, 6.07) is 8.50. The van der Waals surface area contributed by atoms with Gasteiger partial charge in [0.15, 0.2) is 0 Å². The molecule has 3 amide bonds. The molecule has 0 bridgehead atoms. The zero-order chi connectivity index (χ0) is 25.9. The molecule has 1 spiro atoms. The molecule has 8 heteroatoms. The first-order chi connectivity index (χ1) is 17.0. The first-order valence-corrected chi connectivity index (χ1v) is 12.7. The van der Waals surface area contributed by atoms with Gasteiger partial charge in [0.1, 0.15) is 11.6 Å². The van der Waals surface area contributed by atoms with E-state index in [-0.39, 0.29) is 30.9 Å². The van der Waals surface area contributed by atoms with Crippen molar-refractivity contribution in [1.82, 2.24) is 9.80 Å². The van der Waals surface area contributed by atoms with Gasteiger partial charge in [-0.1, -0.05) is 42.5 Å². The van der Waals surface area contributed by atoms with Crippen LogP contribution in [0.25, 0.3) is 0 Å². The Balaban J connectivity index is 1.64. The minimum Gasteiger partial charge on any atom is -0.396 e. The van der Waals surface area contributed by atoms with E-state index in [2.05, 4.69) is 0 Å². The Labute approximate surface area is 212 Å². The highest BCUT2D eigenvalue weighted by molar-refractivity contribution is 6.04. The molecule has 4 heterocycles. The second-order valence-electron chi connectivity index (χ2n) is 11.3. The highest BCUT2D eigenvalue weighted by atomic mass is 16.5. The van der Waals surface area contributed by atoms with Crippen LogP contribution in [0, 0.1) is 11.8 Å². The van der Waals surface area contributed by atoms with Gasteiger partial charge in [0.2, 0.25) is 17.7 Å². The third-order valence-electron chi connectivity index (χ3n) is 7.99. The lowest BCUT2D eigenvalue weighted by atomic mass is 9.74. The van der Waals surface area contributed by atoms with Crippen molar-refractivity contribution in [1.29, 1.82) is 0 Å². The largest absolute Gasteiger partial charge is 0.396 e. The van der Waals surface area contributed by atoms with E-state index in [1.165, 1.54) is 0 Å². The number of carbonyl (C=O) groups is 3. The topological polar surface area (TPSA) is 90.4 Å². The van der Waals surface area contributed by atoms with Gasteiger partial charge in [-0.05, 0) is 46.2 Å². The molecule has 5 rings (SSSR count). The number of aliphatic hydroxyl groups is 1. The standard InChI is InChI=1S/C28H35N3O5/c1-26(2,3)31-17-9-14-28-21(24(34)30(16-10-18-32)22(28)25(31)35)20-23(33)29(19-11-6-5-7-12-19)15-8-13-27(20,4)36-28/h5-9,11-14,20-22,32H,10,15-18H2,1-4H3/t20-,21-,22?,27+,28-/m0/s1. The molecule has 1 aromatic carbocycles. The Kier molecular flexibility index (Phi) is 5.87. The maximum Gasteiger partial charge on any atom is 0.249 e. The molecule has 2 fully saturated rings. The number of benzene rings is 1. The molecular weight excluding hydrogens is 458 g/mol. The second kappa shape index (κ2) is 8.56. The number of anilines is 1. The van der Waals surface area contributed by atoms with Crippen molar-refractivity contribution >= 4 is 23.4 Å². The van der Waals surface area contributed by atoms with Crippen LogP contribution in [0.4, 0.5) is 5.69 Å². The second-order valence-corrected chi connectivity index (χ2v) is 11.3. The average Bonchev–Trinajstić information content (AvgIpc) is 3.08. The van der Waals surface area contributed by atoms with E-state index in [0.29, 0.717) is 19.5 Å².